The van der Waals surface area contributed by atoms with Crippen molar-refractivity contribution in [3.8, 4) is 0 Å². The maximum absolute atomic E-state index is 9.37. The van der Waals surface area contributed by atoms with E-state index >= 15 is 0 Å². The van der Waals surface area contributed by atoms with E-state index in [1.165, 1.54) is 32.4 Å². The summed E-state index contributed by atoms with van der Waals surface area (Å²) in [4.78, 5) is 11.1. The van der Waals surface area contributed by atoms with E-state index < -0.39 is 0 Å². The monoisotopic (exact) mass is 276 g/mol. The lowest BCUT2D eigenvalue weighted by Gasteiger charge is -2.30. The van der Waals surface area contributed by atoms with E-state index in [1.807, 2.05) is 6.07 Å². The summed E-state index contributed by atoms with van der Waals surface area (Å²) in [6.07, 6.45) is 7.22. The van der Waals surface area contributed by atoms with Crippen molar-refractivity contribution in [1.82, 2.24) is 14.9 Å². The number of nitrogens with zero attached hydrogens (tertiary/aromatic N) is 3. The molecule has 5 nitrogen and oxygen atoms in total. The molecular formula is C15H24N4O. The second-order valence-corrected chi connectivity index (χ2v) is 5.98. The summed E-state index contributed by atoms with van der Waals surface area (Å²) in [5.74, 6) is 1.32. The fourth-order valence-corrected chi connectivity index (χ4v) is 3.05. The maximum atomic E-state index is 9.37. The quantitative estimate of drug-likeness (QED) is 0.855. The van der Waals surface area contributed by atoms with Crippen LogP contribution in [0.25, 0.3) is 0 Å². The molecule has 1 saturated carbocycles. The summed E-state index contributed by atoms with van der Waals surface area (Å²) in [6.45, 7) is 4.48. The Hall–Kier alpha value is -1.20. The van der Waals surface area contributed by atoms with Gasteiger partial charge in [-0.1, -0.05) is 6.42 Å². The Kier molecular flexibility index (Phi) is 4.47. The van der Waals surface area contributed by atoms with Gasteiger partial charge in [0.2, 0.25) is 0 Å². The zero-order valence-corrected chi connectivity index (χ0v) is 12.0. The van der Waals surface area contributed by atoms with E-state index in [0.717, 1.165) is 37.4 Å². The molecule has 0 unspecified atom stereocenters. The van der Waals surface area contributed by atoms with Crippen molar-refractivity contribution in [1.29, 1.82) is 0 Å². The minimum absolute atomic E-state index is 0.134. The third-order valence-electron chi connectivity index (χ3n) is 4.40. The first-order chi connectivity index (χ1) is 9.81. The van der Waals surface area contributed by atoms with E-state index in [0.29, 0.717) is 5.92 Å². The second-order valence-electron chi connectivity index (χ2n) is 5.98. The van der Waals surface area contributed by atoms with Gasteiger partial charge in [-0.3, -0.25) is 0 Å². The Bertz CT molecular complexity index is 428. The summed E-state index contributed by atoms with van der Waals surface area (Å²) in [7, 11) is 0. The summed E-state index contributed by atoms with van der Waals surface area (Å²) in [6, 6.07) is 2.03. The third-order valence-corrected chi connectivity index (χ3v) is 4.40. The van der Waals surface area contributed by atoms with Crippen molar-refractivity contribution < 1.29 is 5.11 Å². The number of likely N-dealkylation sites (tertiary alicyclic amines) is 1. The average Bonchev–Trinajstić information content (AvgIpc) is 2.45. The van der Waals surface area contributed by atoms with Gasteiger partial charge in [0.05, 0.1) is 6.10 Å². The van der Waals surface area contributed by atoms with Gasteiger partial charge in [0.15, 0.2) is 0 Å². The first-order valence-corrected chi connectivity index (χ1v) is 7.77. The standard InChI is InChI=1S/C15H24N4O/c20-13-8-12(9-13)14-10-15(18-11-17-14)16-4-7-19-5-2-1-3-6-19/h10-13,20H,1-9H2,(H,16,17,18). The van der Waals surface area contributed by atoms with Gasteiger partial charge >= 0.3 is 0 Å². The van der Waals surface area contributed by atoms with E-state index in [9.17, 15) is 5.11 Å². The highest BCUT2D eigenvalue weighted by atomic mass is 16.3. The van der Waals surface area contributed by atoms with Crippen LogP contribution < -0.4 is 5.32 Å². The Morgan fingerprint density at radius 3 is 2.75 bits per heavy atom. The molecule has 110 valence electrons. The molecule has 0 spiro atoms. The highest BCUT2D eigenvalue weighted by molar-refractivity contribution is 5.36. The Morgan fingerprint density at radius 2 is 2.00 bits per heavy atom. The molecule has 1 aliphatic carbocycles. The molecule has 3 rings (SSSR count). The van der Waals surface area contributed by atoms with E-state index in [-0.39, 0.29) is 6.10 Å². The molecule has 0 atom stereocenters. The van der Waals surface area contributed by atoms with E-state index in [4.69, 9.17) is 0 Å². The summed E-state index contributed by atoms with van der Waals surface area (Å²) < 4.78 is 0. The number of hydrogen-bond donors (Lipinski definition) is 2. The molecule has 0 bridgehead atoms. The van der Waals surface area contributed by atoms with Gasteiger partial charge < -0.3 is 15.3 Å². The minimum atomic E-state index is -0.134. The van der Waals surface area contributed by atoms with Gasteiger partial charge in [0.1, 0.15) is 12.1 Å². The largest absolute Gasteiger partial charge is 0.393 e. The number of nitrogens with one attached hydrogen (secondary N) is 1. The predicted molar refractivity (Wildman–Crippen MR) is 78.8 cm³/mol. The molecular weight excluding hydrogens is 252 g/mol. The number of aromatic nitrogens is 2. The minimum Gasteiger partial charge on any atom is -0.393 e. The zero-order chi connectivity index (χ0) is 13.8. The van der Waals surface area contributed by atoms with Crippen molar-refractivity contribution in [2.24, 2.45) is 0 Å². The van der Waals surface area contributed by atoms with Gasteiger partial charge in [-0.15, -0.1) is 0 Å². The molecule has 1 aromatic rings. The first-order valence-electron chi connectivity index (χ1n) is 7.77. The van der Waals surface area contributed by atoms with E-state index in [2.05, 4.69) is 20.2 Å². The number of piperidine rings is 1. The SMILES string of the molecule is OC1CC(c2cc(NCCN3CCCCC3)ncn2)C1. The molecule has 0 radical (unpaired) electrons. The van der Waals surface area contributed by atoms with Crippen molar-refractivity contribution in [2.45, 2.75) is 44.1 Å². The fourth-order valence-electron chi connectivity index (χ4n) is 3.05. The molecule has 1 aliphatic heterocycles. The molecule has 2 N–H and O–H groups in total. The molecule has 20 heavy (non-hydrogen) atoms. The lowest BCUT2D eigenvalue weighted by Crippen LogP contribution is -2.33. The van der Waals surface area contributed by atoms with Crippen LogP contribution in [-0.2, 0) is 0 Å². The number of aliphatic hydroxyl groups excluding tert-OH is 1. The normalized spacial score (nSPS) is 27.1. The van der Waals surface area contributed by atoms with Crippen LogP contribution in [0.1, 0.15) is 43.7 Å². The van der Waals surface area contributed by atoms with Crippen LogP contribution in [0.4, 0.5) is 5.82 Å². The molecule has 0 aromatic carbocycles. The highest BCUT2D eigenvalue weighted by Gasteiger charge is 2.29. The van der Waals surface area contributed by atoms with Crippen LogP contribution in [0.3, 0.4) is 0 Å². The van der Waals surface area contributed by atoms with Gasteiger partial charge in [-0.2, -0.15) is 0 Å². The van der Waals surface area contributed by atoms with Gasteiger partial charge in [-0.05, 0) is 38.8 Å². The Balaban J connectivity index is 1.46. The smallest absolute Gasteiger partial charge is 0.129 e. The highest BCUT2D eigenvalue weighted by Crippen LogP contribution is 2.35. The lowest BCUT2D eigenvalue weighted by molar-refractivity contribution is 0.0732. The third kappa shape index (κ3) is 3.46. The molecule has 0 amide bonds. The van der Waals surface area contributed by atoms with Crippen molar-refractivity contribution in [3.63, 3.8) is 0 Å². The Morgan fingerprint density at radius 1 is 1.20 bits per heavy atom. The second kappa shape index (κ2) is 6.50. The summed E-state index contributed by atoms with van der Waals surface area (Å²) >= 11 is 0. The number of anilines is 1. The van der Waals surface area contributed by atoms with Crippen LogP contribution in [0, 0.1) is 0 Å². The van der Waals surface area contributed by atoms with Crippen LogP contribution in [0.15, 0.2) is 12.4 Å². The molecule has 2 aliphatic rings. The van der Waals surface area contributed by atoms with Crippen molar-refractivity contribution in [2.75, 3.05) is 31.5 Å². The van der Waals surface area contributed by atoms with Gasteiger partial charge in [0.25, 0.3) is 0 Å². The first kappa shape index (κ1) is 13.8. The van der Waals surface area contributed by atoms with Gasteiger partial charge in [-0.25, -0.2) is 9.97 Å². The average molecular weight is 276 g/mol. The van der Waals surface area contributed by atoms with Crippen LogP contribution in [-0.4, -0.2) is 52.3 Å². The Labute approximate surface area is 120 Å². The fraction of sp³-hybridized carbons (Fsp3) is 0.733. The molecule has 2 fully saturated rings. The predicted octanol–water partition coefficient (Wildman–Crippen LogP) is 1.61. The number of aliphatic hydroxyl groups is 1. The van der Waals surface area contributed by atoms with Gasteiger partial charge in [0, 0.05) is 30.8 Å². The van der Waals surface area contributed by atoms with Crippen LogP contribution in [0.2, 0.25) is 0 Å². The number of rotatable bonds is 5. The lowest BCUT2D eigenvalue weighted by atomic mass is 9.80. The summed E-state index contributed by atoms with van der Waals surface area (Å²) in [5.41, 5.74) is 1.06. The van der Waals surface area contributed by atoms with Crippen molar-refractivity contribution >= 4 is 5.82 Å². The molecule has 1 aromatic heterocycles. The maximum Gasteiger partial charge on any atom is 0.129 e. The molecule has 1 saturated heterocycles. The van der Waals surface area contributed by atoms with Crippen LogP contribution in [0.5, 0.6) is 0 Å². The van der Waals surface area contributed by atoms with E-state index in [1.54, 1.807) is 6.33 Å². The molecule has 5 heteroatoms. The number of hydrogen-bond acceptors (Lipinski definition) is 5. The topological polar surface area (TPSA) is 61.3 Å². The zero-order valence-electron chi connectivity index (χ0n) is 12.0. The van der Waals surface area contributed by atoms with Crippen molar-refractivity contribution in [3.05, 3.63) is 18.1 Å². The summed E-state index contributed by atoms with van der Waals surface area (Å²) in [5, 5.41) is 12.8. The molecule has 2 heterocycles. The van der Waals surface area contributed by atoms with Crippen LogP contribution >= 0.6 is 0 Å².